The molecule has 1 N–H and O–H groups in total. The summed E-state index contributed by atoms with van der Waals surface area (Å²) in [5.74, 6) is -0.859. The molecule has 0 amide bonds. The largest absolute Gasteiger partial charge is 0.477 e. The Kier molecular flexibility index (Phi) is 3.14. The van der Waals surface area contributed by atoms with Gasteiger partial charge in [0, 0.05) is 13.1 Å². The Morgan fingerprint density at radius 3 is 2.82 bits per heavy atom. The van der Waals surface area contributed by atoms with Crippen LogP contribution in [0.1, 0.15) is 30.4 Å². The maximum absolute atomic E-state index is 10.9. The maximum Gasteiger partial charge on any atom is 0.345 e. The number of anilines is 1. The van der Waals surface area contributed by atoms with Crippen LogP contribution in [0.25, 0.3) is 0 Å². The smallest absolute Gasteiger partial charge is 0.345 e. The molecular weight excluding hydrogens is 238 g/mol. The van der Waals surface area contributed by atoms with Gasteiger partial charge in [0.2, 0.25) is 0 Å². The highest BCUT2D eigenvalue weighted by Crippen LogP contribution is 2.31. The quantitative estimate of drug-likeness (QED) is 0.882. The average molecular weight is 255 g/mol. The monoisotopic (exact) mass is 255 g/mol. The Morgan fingerprint density at radius 2 is 2.29 bits per heavy atom. The van der Waals surface area contributed by atoms with E-state index in [9.17, 15) is 4.79 Å². The van der Waals surface area contributed by atoms with Gasteiger partial charge in [0.1, 0.15) is 4.88 Å². The summed E-state index contributed by atoms with van der Waals surface area (Å²) in [6, 6.07) is 3.54. The van der Waals surface area contributed by atoms with Crippen LogP contribution in [0.2, 0.25) is 0 Å². The molecule has 1 aromatic heterocycles. The molecule has 0 radical (unpaired) electrons. The Labute approximate surface area is 105 Å². The first-order valence-electron chi connectivity index (χ1n) is 5.63. The summed E-state index contributed by atoms with van der Waals surface area (Å²) in [6.45, 7) is 7.75. The minimum Gasteiger partial charge on any atom is -0.477 e. The van der Waals surface area contributed by atoms with Crippen molar-refractivity contribution in [2.24, 2.45) is 0 Å². The summed E-state index contributed by atoms with van der Waals surface area (Å²) in [5, 5.41) is 9.92. The SMILES string of the molecule is CC1CN(c2ccc(C(=O)O)s2)CC(C)(C)O1. The lowest BCUT2D eigenvalue weighted by Crippen LogP contribution is -2.51. The average Bonchev–Trinajstić information content (AvgIpc) is 2.62. The van der Waals surface area contributed by atoms with E-state index in [1.165, 1.54) is 11.3 Å². The number of thiophene rings is 1. The Hall–Kier alpha value is -1.07. The molecule has 1 fully saturated rings. The van der Waals surface area contributed by atoms with Gasteiger partial charge in [0.25, 0.3) is 0 Å². The van der Waals surface area contributed by atoms with Gasteiger partial charge in [-0.25, -0.2) is 4.79 Å². The highest BCUT2D eigenvalue weighted by Gasteiger charge is 2.32. The summed E-state index contributed by atoms with van der Waals surface area (Å²) < 4.78 is 5.83. The number of carbonyl (C=O) groups is 1. The van der Waals surface area contributed by atoms with Gasteiger partial charge < -0.3 is 14.7 Å². The van der Waals surface area contributed by atoms with Gasteiger partial charge >= 0.3 is 5.97 Å². The normalized spacial score (nSPS) is 23.7. The Bertz CT molecular complexity index is 427. The van der Waals surface area contributed by atoms with E-state index >= 15 is 0 Å². The zero-order valence-electron chi connectivity index (χ0n) is 10.3. The van der Waals surface area contributed by atoms with E-state index in [1.54, 1.807) is 6.07 Å². The van der Waals surface area contributed by atoms with E-state index in [0.717, 1.165) is 18.1 Å². The molecule has 0 spiro atoms. The van der Waals surface area contributed by atoms with Gasteiger partial charge in [-0.15, -0.1) is 11.3 Å². The van der Waals surface area contributed by atoms with E-state index < -0.39 is 5.97 Å². The third kappa shape index (κ3) is 2.79. The number of carboxylic acid groups (broad SMARTS) is 1. The lowest BCUT2D eigenvalue weighted by atomic mass is 10.1. The second kappa shape index (κ2) is 4.31. The summed E-state index contributed by atoms with van der Waals surface area (Å²) >= 11 is 1.32. The number of morpholine rings is 1. The predicted octanol–water partition coefficient (Wildman–Crippen LogP) is 2.45. The first-order valence-corrected chi connectivity index (χ1v) is 6.45. The highest BCUT2D eigenvalue weighted by molar-refractivity contribution is 7.17. The minimum atomic E-state index is -0.859. The van der Waals surface area contributed by atoms with Crippen molar-refractivity contribution in [3.63, 3.8) is 0 Å². The Balaban J connectivity index is 2.18. The standard InChI is InChI=1S/C12H17NO3S/c1-8-6-13(7-12(2,3)16-8)10-5-4-9(17-10)11(14)15/h4-5,8H,6-7H2,1-3H3,(H,14,15). The van der Waals surface area contributed by atoms with Crippen molar-refractivity contribution >= 4 is 22.3 Å². The molecule has 1 unspecified atom stereocenters. The van der Waals surface area contributed by atoms with Crippen LogP contribution in [0.5, 0.6) is 0 Å². The molecule has 1 aliphatic heterocycles. The van der Waals surface area contributed by atoms with Crippen LogP contribution in [0.15, 0.2) is 12.1 Å². The third-order valence-corrected chi connectivity index (χ3v) is 3.82. The number of nitrogens with zero attached hydrogens (tertiary/aromatic N) is 1. The van der Waals surface area contributed by atoms with E-state index in [1.807, 2.05) is 13.0 Å². The van der Waals surface area contributed by atoms with Crippen molar-refractivity contribution in [2.45, 2.75) is 32.5 Å². The predicted molar refractivity (Wildman–Crippen MR) is 68.1 cm³/mol. The number of rotatable bonds is 2. The molecule has 0 saturated carbocycles. The summed E-state index contributed by atoms with van der Waals surface area (Å²) in [5.41, 5.74) is -0.189. The van der Waals surface area contributed by atoms with Crippen molar-refractivity contribution < 1.29 is 14.6 Å². The Morgan fingerprint density at radius 1 is 1.59 bits per heavy atom. The van der Waals surface area contributed by atoms with Crippen LogP contribution >= 0.6 is 11.3 Å². The van der Waals surface area contributed by atoms with E-state index in [-0.39, 0.29) is 11.7 Å². The summed E-state index contributed by atoms with van der Waals surface area (Å²) in [7, 11) is 0. The van der Waals surface area contributed by atoms with Crippen LogP contribution in [-0.2, 0) is 4.74 Å². The van der Waals surface area contributed by atoms with Gasteiger partial charge in [-0.3, -0.25) is 0 Å². The van der Waals surface area contributed by atoms with Crippen LogP contribution < -0.4 is 4.90 Å². The molecule has 5 heteroatoms. The van der Waals surface area contributed by atoms with Crippen LogP contribution in [0, 0.1) is 0 Å². The number of hydrogen-bond donors (Lipinski definition) is 1. The van der Waals surface area contributed by atoms with Gasteiger partial charge in [-0.05, 0) is 32.9 Å². The second-order valence-electron chi connectivity index (χ2n) is 5.01. The number of carboxylic acids is 1. The van der Waals surface area contributed by atoms with E-state index in [4.69, 9.17) is 9.84 Å². The second-order valence-corrected chi connectivity index (χ2v) is 6.07. The van der Waals surface area contributed by atoms with Crippen molar-refractivity contribution in [3.05, 3.63) is 17.0 Å². The van der Waals surface area contributed by atoms with Crippen LogP contribution in [0.4, 0.5) is 5.00 Å². The zero-order valence-corrected chi connectivity index (χ0v) is 11.1. The first-order chi connectivity index (χ1) is 7.87. The lowest BCUT2D eigenvalue weighted by Gasteiger charge is -2.42. The van der Waals surface area contributed by atoms with Crippen molar-refractivity contribution in [2.75, 3.05) is 18.0 Å². The third-order valence-electron chi connectivity index (χ3n) is 2.68. The summed E-state index contributed by atoms with van der Waals surface area (Å²) in [6.07, 6.45) is 0.161. The molecule has 1 saturated heterocycles. The highest BCUT2D eigenvalue weighted by atomic mass is 32.1. The van der Waals surface area contributed by atoms with Crippen molar-refractivity contribution in [3.8, 4) is 0 Å². The molecule has 1 aliphatic rings. The molecule has 1 atom stereocenters. The molecule has 1 aromatic rings. The fraction of sp³-hybridized carbons (Fsp3) is 0.583. The van der Waals surface area contributed by atoms with Gasteiger partial charge in [-0.1, -0.05) is 0 Å². The molecule has 0 aliphatic carbocycles. The van der Waals surface area contributed by atoms with Gasteiger partial charge in [-0.2, -0.15) is 0 Å². The molecule has 0 bridgehead atoms. The van der Waals surface area contributed by atoms with Crippen LogP contribution in [0.3, 0.4) is 0 Å². The van der Waals surface area contributed by atoms with Gasteiger partial charge in [0.15, 0.2) is 0 Å². The van der Waals surface area contributed by atoms with Crippen LogP contribution in [-0.4, -0.2) is 35.9 Å². The molecule has 17 heavy (non-hydrogen) atoms. The van der Waals surface area contributed by atoms with E-state index in [0.29, 0.717) is 4.88 Å². The summed E-state index contributed by atoms with van der Waals surface area (Å²) in [4.78, 5) is 13.4. The van der Waals surface area contributed by atoms with Crippen molar-refractivity contribution in [1.29, 1.82) is 0 Å². The number of ether oxygens (including phenoxy) is 1. The zero-order chi connectivity index (χ0) is 12.6. The molecule has 94 valence electrons. The lowest BCUT2D eigenvalue weighted by molar-refractivity contribution is -0.0748. The number of aromatic carboxylic acids is 1. The fourth-order valence-electron chi connectivity index (χ4n) is 2.23. The molecule has 2 heterocycles. The fourth-order valence-corrected chi connectivity index (χ4v) is 3.09. The maximum atomic E-state index is 10.9. The van der Waals surface area contributed by atoms with Gasteiger partial charge in [0.05, 0.1) is 16.7 Å². The van der Waals surface area contributed by atoms with Crippen molar-refractivity contribution in [1.82, 2.24) is 0 Å². The molecule has 0 aromatic carbocycles. The molecular formula is C12H17NO3S. The minimum absolute atomic E-state index is 0.161. The van der Waals surface area contributed by atoms with E-state index in [2.05, 4.69) is 18.7 Å². The first kappa shape index (κ1) is 12.4. The topological polar surface area (TPSA) is 49.8 Å². The molecule has 2 rings (SSSR count). The molecule has 4 nitrogen and oxygen atoms in total. The number of hydrogen-bond acceptors (Lipinski definition) is 4.